The van der Waals surface area contributed by atoms with Gasteiger partial charge in [-0.15, -0.1) is 0 Å². The summed E-state index contributed by atoms with van der Waals surface area (Å²) in [6, 6.07) is 4.98. The molecule has 0 aliphatic heterocycles. The summed E-state index contributed by atoms with van der Waals surface area (Å²) in [6.45, 7) is 1.11. The lowest BCUT2D eigenvalue weighted by Gasteiger charge is -2.11. The molecule has 1 heterocycles. The predicted octanol–water partition coefficient (Wildman–Crippen LogP) is 2.16. The molecular formula is C12H18N2. The quantitative estimate of drug-likeness (QED) is 0.787. The summed E-state index contributed by atoms with van der Waals surface area (Å²) in [7, 11) is 0. The molecule has 1 aliphatic carbocycles. The van der Waals surface area contributed by atoms with Gasteiger partial charge < -0.3 is 5.32 Å². The van der Waals surface area contributed by atoms with Crippen LogP contribution in [0.15, 0.2) is 24.5 Å². The second kappa shape index (κ2) is 5.11. The Kier molecular flexibility index (Phi) is 3.52. The molecule has 0 amide bonds. The topological polar surface area (TPSA) is 24.9 Å². The van der Waals surface area contributed by atoms with Gasteiger partial charge >= 0.3 is 0 Å². The Morgan fingerprint density at radius 3 is 2.64 bits per heavy atom. The Bertz CT molecular complexity index is 252. The van der Waals surface area contributed by atoms with Crippen molar-refractivity contribution in [2.45, 2.75) is 38.1 Å². The molecule has 1 aromatic rings. The lowest BCUT2D eigenvalue weighted by Crippen LogP contribution is -2.27. The van der Waals surface area contributed by atoms with Gasteiger partial charge in [-0.1, -0.05) is 12.8 Å². The van der Waals surface area contributed by atoms with Crippen LogP contribution in [0.1, 0.15) is 31.2 Å². The fourth-order valence-electron chi connectivity index (χ4n) is 2.10. The molecule has 1 fully saturated rings. The zero-order valence-corrected chi connectivity index (χ0v) is 8.58. The summed E-state index contributed by atoms with van der Waals surface area (Å²) in [4.78, 5) is 4.01. The van der Waals surface area contributed by atoms with Crippen molar-refractivity contribution in [3.05, 3.63) is 30.1 Å². The molecule has 0 saturated heterocycles. The standard InChI is InChI=1S/C12H18N2/c1-2-4-12(3-1)14-10-7-11-5-8-13-9-6-11/h5-6,8-9,12,14H,1-4,7,10H2. The lowest BCUT2D eigenvalue weighted by atomic mass is 10.2. The van der Waals surface area contributed by atoms with Crippen LogP contribution >= 0.6 is 0 Å². The average molecular weight is 190 g/mol. The summed E-state index contributed by atoms with van der Waals surface area (Å²) in [6.07, 6.45) is 10.4. The van der Waals surface area contributed by atoms with Crippen molar-refractivity contribution in [3.63, 3.8) is 0 Å². The molecule has 0 bridgehead atoms. The van der Waals surface area contributed by atoms with Gasteiger partial charge in [0.2, 0.25) is 0 Å². The summed E-state index contributed by atoms with van der Waals surface area (Å²) in [5.41, 5.74) is 1.38. The van der Waals surface area contributed by atoms with Gasteiger partial charge in [0, 0.05) is 18.4 Å². The van der Waals surface area contributed by atoms with E-state index in [0.717, 1.165) is 19.0 Å². The Hall–Kier alpha value is -0.890. The molecule has 0 radical (unpaired) electrons. The first-order chi connectivity index (χ1) is 6.95. The number of nitrogens with zero attached hydrogens (tertiary/aromatic N) is 1. The predicted molar refractivity (Wildman–Crippen MR) is 58.2 cm³/mol. The minimum Gasteiger partial charge on any atom is -0.314 e. The van der Waals surface area contributed by atoms with Gasteiger partial charge in [0.05, 0.1) is 0 Å². The molecule has 76 valence electrons. The second-order valence-corrected chi connectivity index (χ2v) is 4.04. The number of pyridine rings is 1. The largest absolute Gasteiger partial charge is 0.314 e. The summed E-state index contributed by atoms with van der Waals surface area (Å²) in [5, 5.41) is 3.61. The first-order valence-electron chi connectivity index (χ1n) is 5.57. The van der Waals surface area contributed by atoms with E-state index in [2.05, 4.69) is 22.4 Å². The van der Waals surface area contributed by atoms with Crippen molar-refractivity contribution < 1.29 is 0 Å². The minimum atomic E-state index is 0.789. The highest BCUT2D eigenvalue weighted by Crippen LogP contribution is 2.17. The van der Waals surface area contributed by atoms with Crippen LogP contribution in [0.4, 0.5) is 0 Å². The molecule has 14 heavy (non-hydrogen) atoms. The number of aromatic nitrogens is 1. The van der Waals surface area contributed by atoms with E-state index < -0.39 is 0 Å². The van der Waals surface area contributed by atoms with E-state index in [0.29, 0.717) is 0 Å². The van der Waals surface area contributed by atoms with Gasteiger partial charge in [-0.25, -0.2) is 0 Å². The molecule has 0 atom stereocenters. The first-order valence-corrected chi connectivity index (χ1v) is 5.57. The van der Waals surface area contributed by atoms with Gasteiger partial charge in [-0.05, 0) is 43.5 Å². The average Bonchev–Trinajstić information content (AvgIpc) is 2.72. The van der Waals surface area contributed by atoms with Gasteiger partial charge in [0.15, 0.2) is 0 Å². The van der Waals surface area contributed by atoms with Crippen LogP contribution in [0.2, 0.25) is 0 Å². The first kappa shape index (κ1) is 9.66. The molecule has 0 unspecified atom stereocenters. The fourth-order valence-corrected chi connectivity index (χ4v) is 2.10. The minimum absolute atomic E-state index is 0.789. The third-order valence-corrected chi connectivity index (χ3v) is 2.95. The van der Waals surface area contributed by atoms with Crippen molar-refractivity contribution >= 4 is 0 Å². The van der Waals surface area contributed by atoms with Crippen molar-refractivity contribution in [2.24, 2.45) is 0 Å². The van der Waals surface area contributed by atoms with Crippen LogP contribution in [0.5, 0.6) is 0 Å². The summed E-state index contributed by atoms with van der Waals surface area (Å²) in [5.74, 6) is 0. The maximum absolute atomic E-state index is 4.01. The fraction of sp³-hybridized carbons (Fsp3) is 0.583. The Labute approximate surface area is 85.7 Å². The molecule has 2 nitrogen and oxygen atoms in total. The van der Waals surface area contributed by atoms with Gasteiger partial charge in [0.25, 0.3) is 0 Å². The van der Waals surface area contributed by atoms with Crippen LogP contribution in [0.3, 0.4) is 0 Å². The highest BCUT2D eigenvalue weighted by molar-refractivity contribution is 5.09. The molecule has 1 saturated carbocycles. The second-order valence-electron chi connectivity index (χ2n) is 4.04. The lowest BCUT2D eigenvalue weighted by molar-refractivity contribution is 0.528. The Morgan fingerprint density at radius 1 is 1.21 bits per heavy atom. The van der Waals surface area contributed by atoms with E-state index in [1.807, 2.05) is 12.4 Å². The van der Waals surface area contributed by atoms with Crippen molar-refractivity contribution in [1.29, 1.82) is 0 Å². The zero-order valence-electron chi connectivity index (χ0n) is 8.58. The molecule has 2 heteroatoms. The number of hydrogen-bond acceptors (Lipinski definition) is 2. The maximum atomic E-state index is 4.01. The van der Waals surface area contributed by atoms with E-state index in [1.54, 1.807) is 0 Å². The van der Waals surface area contributed by atoms with E-state index in [-0.39, 0.29) is 0 Å². The SMILES string of the molecule is c1cc(CCNC2CCCC2)ccn1. The van der Waals surface area contributed by atoms with Crippen LogP contribution < -0.4 is 5.32 Å². The molecule has 0 spiro atoms. The van der Waals surface area contributed by atoms with E-state index >= 15 is 0 Å². The summed E-state index contributed by atoms with van der Waals surface area (Å²) < 4.78 is 0. The molecule has 2 rings (SSSR count). The molecule has 0 aromatic carbocycles. The molecule has 1 aromatic heterocycles. The van der Waals surface area contributed by atoms with Crippen LogP contribution in [0, 0.1) is 0 Å². The van der Waals surface area contributed by atoms with Crippen LogP contribution in [0.25, 0.3) is 0 Å². The Balaban J connectivity index is 1.67. The third kappa shape index (κ3) is 2.81. The van der Waals surface area contributed by atoms with Crippen molar-refractivity contribution in [1.82, 2.24) is 10.3 Å². The van der Waals surface area contributed by atoms with Gasteiger partial charge in [-0.3, -0.25) is 4.98 Å². The number of hydrogen-bond donors (Lipinski definition) is 1. The van der Waals surface area contributed by atoms with E-state index in [1.165, 1.54) is 31.2 Å². The maximum Gasteiger partial charge on any atom is 0.0270 e. The number of nitrogens with one attached hydrogen (secondary N) is 1. The molecular weight excluding hydrogens is 172 g/mol. The van der Waals surface area contributed by atoms with Crippen LogP contribution in [-0.4, -0.2) is 17.6 Å². The number of rotatable bonds is 4. The van der Waals surface area contributed by atoms with E-state index in [4.69, 9.17) is 0 Å². The normalized spacial score (nSPS) is 17.4. The Morgan fingerprint density at radius 2 is 1.93 bits per heavy atom. The summed E-state index contributed by atoms with van der Waals surface area (Å²) >= 11 is 0. The highest BCUT2D eigenvalue weighted by Gasteiger charge is 2.13. The third-order valence-electron chi connectivity index (χ3n) is 2.95. The van der Waals surface area contributed by atoms with E-state index in [9.17, 15) is 0 Å². The van der Waals surface area contributed by atoms with Crippen molar-refractivity contribution in [3.8, 4) is 0 Å². The van der Waals surface area contributed by atoms with Gasteiger partial charge in [-0.2, -0.15) is 0 Å². The van der Waals surface area contributed by atoms with Crippen LogP contribution in [-0.2, 0) is 6.42 Å². The molecule has 1 N–H and O–H groups in total. The van der Waals surface area contributed by atoms with Crippen molar-refractivity contribution in [2.75, 3.05) is 6.54 Å². The monoisotopic (exact) mass is 190 g/mol. The molecule has 1 aliphatic rings. The smallest absolute Gasteiger partial charge is 0.0270 e. The van der Waals surface area contributed by atoms with Gasteiger partial charge in [0.1, 0.15) is 0 Å². The zero-order chi connectivity index (χ0) is 9.64. The highest BCUT2D eigenvalue weighted by atomic mass is 14.9.